The second kappa shape index (κ2) is 7.83. The van der Waals surface area contributed by atoms with Gasteiger partial charge in [0.05, 0.1) is 6.33 Å². The molecule has 11 nitrogen and oxygen atoms in total. The third-order valence-corrected chi connectivity index (χ3v) is 6.09. The SMILES string of the molecule is Cn1c(=O)c2c(ncn2CC(=O)N2CCN(Cc3ccc4c(c3)OCO4)CC2)n(C)c1=O. The zero-order chi connectivity index (χ0) is 22.4. The molecule has 4 heterocycles. The number of hydrogen-bond donors (Lipinski definition) is 0. The van der Waals surface area contributed by atoms with Crippen LogP contribution in [-0.2, 0) is 32.0 Å². The molecular formula is C21H24N6O5. The second-order valence-electron chi connectivity index (χ2n) is 8.09. The number of carbonyl (C=O) groups is 1. The van der Waals surface area contributed by atoms with Crippen LogP contribution in [0.25, 0.3) is 11.2 Å². The van der Waals surface area contributed by atoms with Gasteiger partial charge in [-0.3, -0.25) is 23.6 Å². The molecule has 1 fully saturated rings. The Kier molecular flexibility index (Phi) is 4.97. The predicted octanol–water partition coefficient (Wildman–Crippen LogP) is -0.493. The number of ether oxygens (including phenoxy) is 2. The zero-order valence-electron chi connectivity index (χ0n) is 18.0. The lowest BCUT2D eigenvalue weighted by Crippen LogP contribution is -2.49. The third-order valence-electron chi connectivity index (χ3n) is 6.09. The fourth-order valence-corrected chi connectivity index (χ4v) is 4.22. The molecule has 5 rings (SSSR count). The molecule has 11 heteroatoms. The van der Waals surface area contributed by atoms with Gasteiger partial charge in [-0.15, -0.1) is 0 Å². The summed E-state index contributed by atoms with van der Waals surface area (Å²) in [5.74, 6) is 1.46. The van der Waals surface area contributed by atoms with Crippen molar-refractivity contribution in [3.05, 3.63) is 50.9 Å². The molecule has 1 aromatic carbocycles. The van der Waals surface area contributed by atoms with Gasteiger partial charge in [0, 0.05) is 46.8 Å². The van der Waals surface area contributed by atoms with Gasteiger partial charge in [-0.25, -0.2) is 9.78 Å². The number of imidazole rings is 1. The fraction of sp³-hybridized carbons (Fsp3) is 0.429. The van der Waals surface area contributed by atoms with Gasteiger partial charge in [0.15, 0.2) is 22.7 Å². The number of benzene rings is 1. The number of hydrogen-bond acceptors (Lipinski definition) is 7. The minimum absolute atomic E-state index is 0.00606. The first kappa shape index (κ1) is 20.3. The van der Waals surface area contributed by atoms with E-state index in [1.807, 2.05) is 18.2 Å². The van der Waals surface area contributed by atoms with E-state index in [2.05, 4.69) is 9.88 Å². The van der Waals surface area contributed by atoms with Gasteiger partial charge in [-0.05, 0) is 17.7 Å². The molecule has 2 aliphatic heterocycles. The van der Waals surface area contributed by atoms with E-state index in [1.165, 1.54) is 22.5 Å². The van der Waals surface area contributed by atoms with Gasteiger partial charge in [0.25, 0.3) is 5.56 Å². The third kappa shape index (κ3) is 3.44. The maximum Gasteiger partial charge on any atom is 0.332 e. The summed E-state index contributed by atoms with van der Waals surface area (Å²) in [5, 5.41) is 0. The molecular weight excluding hydrogens is 416 g/mol. The molecule has 3 aromatic rings. The first-order chi connectivity index (χ1) is 15.4. The van der Waals surface area contributed by atoms with Crippen LogP contribution in [0.3, 0.4) is 0 Å². The molecule has 0 saturated carbocycles. The Morgan fingerprint density at radius 1 is 1.03 bits per heavy atom. The van der Waals surface area contributed by atoms with E-state index in [0.29, 0.717) is 13.1 Å². The number of aromatic nitrogens is 4. The molecule has 32 heavy (non-hydrogen) atoms. The van der Waals surface area contributed by atoms with Crippen molar-refractivity contribution in [2.75, 3.05) is 33.0 Å². The topological polar surface area (TPSA) is 104 Å². The van der Waals surface area contributed by atoms with Crippen LogP contribution in [0.5, 0.6) is 11.5 Å². The molecule has 1 amide bonds. The minimum Gasteiger partial charge on any atom is -0.454 e. The van der Waals surface area contributed by atoms with Crippen molar-refractivity contribution >= 4 is 17.1 Å². The summed E-state index contributed by atoms with van der Waals surface area (Å²) >= 11 is 0. The van der Waals surface area contributed by atoms with Gasteiger partial charge < -0.3 is 18.9 Å². The molecule has 0 spiro atoms. The number of amides is 1. The van der Waals surface area contributed by atoms with Crippen molar-refractivity contribution in [2.45, 2.75) is 13.1 Å². The monoisotopic (exact) mass is 440 g/mol. The maximum absolute atomic E-state index is 12.9. The van der Waals surface area contributed by atoms with Crippen molar-refractivity contribution in [1.82, 2.24) is 28.5 Å². The number of fused-ring (bicyclic) bond motifs is 2. The summed E-state index contributed by atoms with van der Waals surface area (Å²) in [5.41, 5.74) is 0.767. The summed E-state index contributed by atoms with van der Waals surface area (Å²) in [6, 6.07) is 5.95. The highest BCUT2D eigenvalue weighted by atomic mass is 16.7. The predicted molar refractivity (Wildman–Crippen MR) is 115 cm³/mol. The Bertz CT molecular complexity index is 1310. The quantitative estimate of drug-likeness (QED) is 0.539. The van der Waals surface area contributed by atoms with Crippen molar-refractivity contribution < 1.29 is 14.3 Å². The van der Waals surface area contributed by atoms with E-state index < -0.39 is 11.2 Å². The Morgan fingerprint density at radius 2 is 1.78 bits per heavy atom. The van der Waals surface area contributed by atoms with E-state index in [4.69, 9.17) is 9.47 Å². The Hall–Kier alpha value is -3.60. The summed E-state index contributed by atoms with van der Waals surface area (Å²) in [6.07, 6.45) is 1.44. The van der Waals surface area contributed by atoms with Crippen LogP contribution in [0.15, 0.2) is 34.1 Å². The van der Waals surface area contributed by atoms with Gasteiger partial charge in [0.2, 0.25) is 12.7 Å². The summed E-state index contributed by atoms with van der Waals surface area (Å²) < 4.78 is 14.7. The molecule has 2 aromatic heterocycles. The highest BCUT2D eigenvalue weighted by molar-refractivity contribution is 5.79. The van der Waals surface area contributed by atoms with Gasteiger partial charge in [-0.1, -0.05) is 6.07 Å². The van der Waals surface area contributed by atoms with Crippen LogP contribution in [-0.4, -0.2) is 67.4 Å². The molecule has 0 bridgehead atoms. The van der Waals surface area contributed by atoms with Crippen molar-refractivity contribution in [3.8, 4) is 11.5 Å². The van der Waals surface area contributed by atoms with Crippen molar-refractivity contribution in [1.29, 1.82) is 0 Å². The van der Waals surface area contributed by atoms with E-state index in [0.717, 1.165) is 41.3 Å². The molecule has 0 radical (unpaired) electrons. The number of aryl methyl sites for hydroxylation is 1. The Labute approximate surface area is 183 Å². The Morgan fingerprint density at radius 3 is 2.56 bits per heavy atom. The van der Waals surface area contributed by atoms with E-state index in [9.17, 15) is 14.4 Å². The minimum atomic E-state index is -0.457. The molecule has 0 aliphatic carbocycles. The van der Waals surface area contributed by atoms with Crippen LogP contribution in [0.1, 0.15) is 5.56 Å². The van der Waals surface area contributed by atoms with Gasteiger partial charge >= 0.3 is 5.69 Å². The molecule has 0 atom stereocenters. The van der Waals surface area contributed by atoms with E-state index in [1.54, 1.807) is 11.9 Å². The first-order valence-corrected chi connectivity index (χ1v) is 10.4. The highest BCUT2D eigenvalue weighted by Gasteiger charge is 2.23. The molecule has 2 aliphatic rings. The summed E-state index contributed by atoms with van der Waals surface area (Å²) in [6.45, 7) is 3.75. The molecule has 0 unspecified atom stereocenters. The molecule has 0 N–H and O–H groups in total. The normalized spacial score (nSPS) is 16.1. The molecule has 168 valence electrons. The molecule has 1 saturated heterocycles. The van der Waals surface area contributed by atoms with Crippen molar-refractivity contribution in [2.24, 2.45) is 14.1 Å². The van der Waals surface area contributed by atoms with Crippen LogP contribution in [0.4, 0.5) is 0 Å². The zero-order valence-corrected chi connectivity index (χ0v) is 18.0. The second-order valence-corrected chi connectivity index (χ2v) is 8.09. The van der Waals surface area contributed by atoms with Crippen LogP contribution < -0.4 is 20.7 Å². The van der Waals surface area contributed by atoms with Gasteiger partial charge in [0.1, 0.15) is 6.54 Å². The summed E-state index contributed by atoms with van der Waals surface area (Å²) in [4.78, 5) is 45.8. The largest absolute Gasteiger partial charge is 0.454 e. The number of carbonyl (C=O) groups excluding carboxylic acids is 1. The van der Waals surface area contributed by atoms with Crippen molar-refractivity contribution in [3.63, 3.8) is 0 Å². The average Bonchev–Trinajstić information content (AvgIpc) is 3.43. The average molecular weight is 440 g/mol. The fourth-order valence-electron chi connectivity index (χ4n) is 4.22. The first-order valence-electron chi connectivity index (χ1n) is 10.4. The number of piperazine rings is 1. The van der Waals surface area contributed by atoms with Gasteiger partial charge in [-0.2, -0.15) is 0 Å². The standard InChI is InChI=1S/C21H24N6O5/c1-23-19-18(20(29)24(2)21(23)30)27(12-22-19)11-17(28)26-7-5-25(6-8-26)10-14-3-4-15-16(9-14)32-13-31-15/h3-4,9,12H,5-8,10-11,13H2,1-2H3. The maximum atomic E-state index is 12.9. The lowest BCUT2D eigenvalue weighted by atomic mass is 10.1. The highest BCUT2D eigenvalue weighted by Crippen LogP contribution is 2.32. The lowest BCUT2D eigenvalue weighted by Gasteiger charge is -2.34. The van der Waals surface area contributed by atoms with E-state index in [-0.39, 0.29) is 30.4 Å². The number of rotatable bonds is 4. The van der Waals surface area contributed by atoms with E-state index >= 15 is 0 Å². The number of nitrogens with zero attached hydrogens (tertiary/aromatic N) is 6. The van der Waals surface area contributed by atoms with Crippen LogP contribution in [0, 0.1) is 0 Å². The van der Waals surface area contributed by atoms with Crippen LogP contribution in [0.2, 0.25) is 0 Å². The lowest BCUT2D eigenvalue weighted by molar-refractivity contribution is -0.133. The van der Waals surface area contributed by atoms with Crippen LogP contribution >= 0.6 is 0 Å². The smallest absolute Gasteiger partial charge is 0.332 e. The Balaban J connectivity index is 1.24. The summed E-state index contributed by atoms with van der Waals surface area (Å²) in [7, 11) is 2.98.